The molecule has 1 saturated heterocycles. The topological polar surface area (TPSA) is 9.23 Å². The van der Waals surface area contributed by atoms with E-state index in [4.69, 9.17) is 16.3 Å². The molecule has 218 valence electrons. The lowest BCUT2D eigenvalue weighted by atomic mass is 9.61. The Morgan fingerprint density at radius 2 is 1.43 bits per heavy atom. The van der Waals surface area contributed by atoms with Gasteiger partial charge in [-0.2, -0.15) is 0 Å². The van der Waals surface area contributed by atoms with Gasteiger partial charge in [0, 0.05) is 5.02 Å². The highest BCUT2D eigenvalue weighted by Crippen LogP contribution is 2.51. The Hall–Kier alpha value is -1.77. The minimum absolute atomic E-state index is 0.627. The van der Waals surface area contributed by atoms with Crippen LogP contribution in [0.3, 0.4) is 0 Å². The van der Waals surface area contributed by atoms with Gasteiger partial charge < -0.3 is 9.22 Å². The van der Waals surface area contributed by atoms with Crippen molar-refractivity contribution in [2.24, 2.45) is 23.7 Å². The van der Waals surface area contributed by atoms with Crippen LogP contribution in [0.4, 0.5) is 0 Å². The Labute approximate surface area is 249 Å². The molecule has 2 aromatic carbocycles. The van der Waals surface area contributed by atoms with Crippen LogP contribution < -0.4 is 4.74 Å². The van der Waals surface area contributed by atoms with Crippen molar-refractivity contribution in [2.75, 3.05) is 33.3 Å². The van der Waals surface area contributed by atoms with E-state index in [0.29, 0.717) is 11.8 Å². The van der Waals surface area contributed by atoms with Gasteiger partial charge in [0.15, 0.2) is 0 Å². The second-order valence-electron chi connectivity index (χ2n) is 13.8. The van der Waals surface area contributed by atoms with E-state index in [9.17, 15) is 0 Å². The lowest BCUT2D eigenvalue weighted by Crippen LogP contribution is -2.45. The first-order chi connectivity index (χ1) is 19.4. The van der Waals surface area contributed by atoms with E-state index in [1.165, 1.54) is 111 Å². The molecule has 40 heavy (non-hydrogen) atoms. The van der Waals surface area contributed by atoms with E-state index in [2.05, 4.69) is 57.3 Å². The number of nitrogens with zero attached hydrogens (tertiary/aromatic N) is 1. The maximum Gasteiger partial charge on any atom is 0.119 e. The summed E-state index contributed by atoms with van der Waals surface area (Å²) in [4.78, 5) is 0. The number of rotatable bonds is 10. The van der Waals surface area contributed by atoms with Gasteiger partial charge in [0.05, 0.1) is 33.3 Å². The Balaban J connectivity index is 1.19. The second-order valence-corrected chi connectivity index (χ2v) is 14.3. The fourth-order valence-electron chi connectivity index (χ4n) is 8.32. The zero-order chi connectivity index (χ0) is 28.0. The summed E-state index contributed by atoms with van der Waals surface area (Å²) in [6, 6.07) is 17.5. The van der Waals surface area contributed by atoms with Crippen molar-refractivity contribution in [3.05, 3.63) is 70.3 Å². The van der Waals surface area contributed by atoms with Gasteiger partial charge in [-0.15, -0.1) is 0 Å². The number of likely N-dealkylation sites (tertiary alicyclic amines) is 1. The molecule has 2 bridgehead atoms. The minimum Gasteiger partial charge on any atom is -0.494 e. The molecule has 1 heterocycles. The van der Waals surface area contributed by atoms with Gasteiger partial charge in [0.1, 0.15) is 5.75 Å². The third-order valence-electron chi connectivity index (χ3n) is 10.3. The monoisotopic (exact) mass is 562 g/mol. The van der Waals surface area contributed by atoms with E-state index < -0.39 is 0 Å². The average Bonchev–Trinajstić information content (AvgIpc) is 3.16. The van der Waals surface area contributed by atoms with E-state index in [1.807, 2.05) is 12.1 Å². The van der Waals surface area contributed by atoms with E-state index >= 15 is 0 Å². The van der Waals surface area contributed by atoms with Crippen LogP contribution in [0.25, 0.3) is 5.57 Å². The third kappa shape index (κ3) is 7.74. The van der Waals surface area contributed by atoms with Crippen molar-refractivity contribution >= 4 is 17.2 Å². The molecule has 0 N–H and O–H groups in total. The number of allylic oxidation sites excluding steroid dienone is 1. The fourth-order valence-corrected chi connectivity index (χ4v) is 8.45. The molecule has 0 spiro atoms. The van der Waals surface area contributed by atoms with Crippen LogP contribution in [0, 0.1) is 23.7 Å². The predicted octanol–water partition coefficient (Wildman–Crippen LogP) is 10.2. The van der Waals surface area contributed by atoms with Gasteiger partial charge in [0.2, 0.25) is 0 Å². The van der Waals surface area contributed by atoms with Crippen LogP contribution in [0.5, 0.6) is 5.75 Å². The Kier molecular flexibility index (Phi) is 10.3. The summed E-state index contributed by atoms with van der Waals surface area (Å²) >= 11 is 6.30. The molecule has 2 saturated carbocycles. The summed E-state index contributed by atoms with van der Waals surface area (Å²) in [5.74, 6) is 4.04. The van der Waals surface area contributed by atoms with Gasteiger partial charge in [-0.3, -0.25) is 0 Å². The first-order valence-electron chi connectivity index (χ1n) is 16.5. The fraction of sp³-hybridized carbons (Fsp3) is 0.622. The number of quaternary nitrogens is 1. The van der Waals surface area contributed by atoms with Crippen LogP contribution in [0.1, 0.15) is 102 Å². The van der Waals surface area contributed by atoms with Gasteiger partial charge in [-0.1, -0.05) is 55.3 Å². The quantitative estimate of drug-likeness (QED) is 0.207. The molecule has 0 aromatic heterocycles. The normalized spacial score (nSPS) is 27.6. The number of ether oxygens (including phenoxy) is 1. The van der Waals surface area contributed by atoms with Crippen molar-refractivity contribution < 1.29 is 9.22 Å². The van der Waals surface area contributed by atoms with Crippen LogP contribution in [0.2, 0.25) is 5.02 Å². The summed E-state index contributed by atoms with van der Waals surface area (Å²) < 4.78 is 7.51. The predicted molar refractivity (Wildman–Crippen MR) is 171 cm³/mol. The van der Waals surface area contributed by atoms with Crippen molar-refractivity contribution in [3.8, 4) is 5.75 Å². The summed E-state index contributed by atoms with van der Waals surface area (Å²) in [6.45, 7) is 9.86. The smallest absolute Gasteiger partial charge is 0.119 e. The molecule has 3 heteroatoms. The molecule has 3 aliphatic rings. The number of hydrogen-bond acceptors (Lipinski definition) is 1. The summed E-state index contributed by atoms with van der Waals surface area (Å²) in [7, 11) is 2.48. The molecular formula is C37H53ClNO+. The van der Waals surface area contributed by atoms with E-state index in [-0.39, 0.29) is 0 Å². The summed E-state index contributed by atoms with van der Waals surface area (Å²) in [5, 5.41) is 0.803. The Morgan fingerprint density at radius 3 is 2.12 bits per heavy atom. The lowest BCUT2D eigenvalue weighted by Gasteiger charge is -2.44. The highest BCUT2D eigenvalue weighted by Gasteiger charge is 2.38. The maximum atomic E-state index is 6.30. The highest BCUT2D eigenvalue weighted by atomic mass is 35.5. The number of unbranched alkanes of at least 4 members (excludes halogenated alkanes) is 3. The number of halogens is 1. The lowest BCUT2D eigenvalue weighted by molar-refractivity contribution is -0.909. The third-order valence-corrected chi connectivity index (χ3v) is 10.5. The summed E-state index contributed by atoms with van der Waals surface area (Å²) in [5.41, 5.74) is 5.73. The number of benzene rings is 2. The number of hydrogen-bond donors (Lipinski definition) is 0. The maximum absolute atomic E-state index is 6.30. The molecule has 0 radical (unpaired) electrons. The molecular weight excluding hydrogens is 510 g/mol. The van der Waals surface area contributed by atoms with Crippen LogP contribution in [0.15, 0.2) is 54.1 Å². The Morgan fingerprint density at radius 1 is 0.775 bits per heavy atom. The van der Waals surface area contributed by atoms with E-state index in [1.54, 1.807) is 5.57 Å². The Bertz CT molecular complexity index is 1090. The van der Waals surface area contributed by atoms with Crippen molar-refractivity contribution in [2.45, 2.75) is 90.9 Å². The molecule has 4 atom stereocenters. The van der Waals surface area contributed by atoms with Gasteiger partial charge in [0.25, 0.3) is 0 Å². The molecule has 0 amide bonds. The minimum atomic E-state index is 0.627. The standard InChI is InChI=1S/C37H53ClNO/c1-28-24-30-26-29(2)36(33(25-28)27-30)37(31-12-16-34(38)17-13-31)32-14-18-35(19-15-32)40-23-11-7-6-10-22-39(3)20-8-4-5-9-21-39/h12-19,28-30,33H,4-11,20-27H2,1-3H3/q+1/b37-36+. The van der Waals surface area contributed by atoms with Crippen molar-refractivity contribution in [1.29, 1.82) is 0 Å². The summed E-state index contributed by atoms with van der Waals surface area (Å²) in [6.07, 6.45) is 16.2. The molecule has 4 unspecified atom stereocenters. The first kappa shape index (κ1) is 29.7. The highest BCUT2D eigenvalue weighted by molar-refractivity contribution is 6.30. The van der Waals surface area contributed by atoms with Gasteiger partial charge in [-0.25, -0.2) is 0 Å². The van der Waals surface area contributed by atoms with Crippen LogP contribution in [-0.4, -0.2) is 37.8 Å². The molecule has 2 aromatic rings. The SMILES string of the molecule is CC1CC2CC(C)/C(=C(/c3ccc(Cl)cc3)c3ccc(OCCCCCC[N+]4(C)CCCCCC4)cc3)C(C1)C2. The molecule has 5 rings (SSSR count). The average molecular weight is 563 g/mol. The second kappa shape index (κ2) is 13.9. The zero-order valence-corrected chi connectivity index (χ0v) is 26.2. The first-order valence-corrected chi connectivity index (χ1v) is 16.8. The van der Waals surface area contributed by atoms with Crippen LogP contribution >= 0.6 is 11.6 Å². The van der Waals surface area contributed by atoms with Crippen molar-refractivity contribution in [3.63, 3.8) is 0 Å². The zero-order valence-electron chi connectivity index (χ0n) is 25.5. The van der Waals surface area contributed by atoms with Gasteiger partial charge in [-0.05, 0) is 142 Å². The molecule has 2 nitrogen and oxygen atoms in total. The van der Waals surface area contributed by atoms with Crippen LogP contribution in [-0.2, 0) is 0 Å². The van der Waals surface area contributed by atoms with E-state index in [0.717, 1.165) is 35.6 Å². The van der Waals surface area contributed by atoms with Crippen molar-refractivity contribution in [1.82, 2.24) is 0 Å². The molecule has 3 fully saturated rings. The molecule has 1 aliphatic heterocycles. The number of fused-ring (bicyclic) bond motifs is 2. The largest absolute Gasteiger partial charge is 0.494 e. The molecule has 2 aliphatic carbocycles. The van der Waals surface area contributed by atoms with Gasteiger partial charge >= 0.3 is 0 Å².